The second kappa shape index (κ2) is 6.37. The van der Waals surface area contributed by atoms with Crippen LogP contribution < -0.4 is 5.32 Å². The molecule has 0 fully saturated rings. The van der Waals surface area contributed by atoms with Crippen LogP contribution in [0.3, 0.4) is 0 Å². The van der Waals surface area contributed by atoms with Gasteiger partial charge in [0.1, 0.15) is 11.3 Å². The van der Waals surface area contributed by atoms with Crippen LogP contribution in [-0.2, 0) is 12.7 Å². The van der Waals surface area contributed by atoms with E-state index >= 15 is 0 Å². The van der Waals surface area contributed by atoms with Crippen molar-refractivity contribution in [3.63, 3.8) is 0 Å². The fraction of sp³-hybridized carbons (Fsp3) is 0.286. The van der Waals surface area contributed by atoms with E-state index in [0.29, 0.717) is 6.54 Å². The van der Waals surface area contributed by atoms with E-state index in [0.717, 1.165) is 0 Å². The van der Waals surface area contributed by atoms with Gasteiger partial charge in [-0.3, -0.25) is 9.48 Å². The Morgan fingerprint density at radius 1 is 1.12 bits per heavy atom. The molecule has 25 heavy (non-hydrogen) atoms. The van der Waals surface area contributed by atoms with Crippen molar-refractivity contribution in [2.24, 2.45) is 0 Å². The molecule has 1 N–H and O–H groups in total. The van der Waals surface area contributed by atoms with E-state index in [2.05, 4.69) is 5.10 Å². The summed E-state index contributed by atoms with van der Waals surface area (Å²) in [7, 11) is 0. The Hall–Kier alpha value is -2.59. The first-order valence-corrected chi connectivity index (χ1v) is 6.77. The summed E-state index contributed by atoms with van der Waals surface area (Å²) in [4.78, 5) is 12.0. The van der Waals surface area contributed by atoms with Crippen molar-refractivity contribution >= 4 is 11.6 Å². The van der Waals surface area contributed by atoms with Gasteiger partial charge in [-0.25, -0.2) is 17.6 Å². The summed E-state index contributed by atoms with van der Waals surface area (Å²) in [6.07, 6.45) is -4.45. The SMILES string of the molecule is CCn1cc(C(=O)Nc2c(F)c(F)c(C(F)(F)F)c(F)c2F)c(C)n1. The van der Waals surface area contributed by atoms with Gasteiger partial charge in [-0.15, -0.1) is 0 Å². The summed E-state index contributed by atoms with van der Waals surface area (Å²) >= 11 is 0. The molecule has 1 amide bonds. The lowest BCUT2D eigenvalue weighted by Crippen LogP contribution is -2.20. The number of benzene rings is 1. The molecule has 0 saturated carbocycles. The van der Waals surface area contributed by atoms with E-state index in [1.54, 1.807) is 12.2 Å². The summed E-state index contributed by atoms with van der Waals surface area (Å²) in [5.74, 6) is -11.2. The summed E-state index contributed by atoms with van der Waals surface area (Å²) in [6, 6.07) is 0. The highest BCUT2D eigenvalue weighted by Gasteiger charge is 2.42. The second-order valence-electron chi connectivity index (χ2n) is 4.94. The lowest BCUT2D eigenvalue weighted by molar-refractivity contribution is -0.143. The van der Waals surface area contributed by atoms with Crippen molar-refractivity contribution < 1.29 is 35.5 Å². The fourth-order valence-corrected chi connectivity index (χ4v) is 2.07. The average molecular weight is 369 g/mol. The van der Waals surface area contributed by atoms with Gasteiger partial charge in [0.05, 0.1) is 11.3 Å². The Bertz CT molecular complexity index is 813. The van der Waals surface area contributed by atoms with E-state index in [4.69, 9.17) is 0 Å². The Balaban J connectivity index is 2.50. The number of aryl methyl sites for hydroxylation is 2. The first-order chi connectivity index (χ1) is 11.5. The summed E-state index contributed by atoms with van der Waals surface area (Å²) in [5.41, 5.74) is -4.39. The third-order valence-electron chi connectivity index (χ3n) is 3.30. The van der Waals surface area contributed by atoms with Crippen molar-refractivity contribution in [2.75, 3.05) is 5.32 Å². The number of aromatic nitrogens is 2. The van der Waals surface area contributed by atoms with Gasteiger partial charge < -0.3 is 5.32 Å². The number of hydrogen-bond acceptors (Lipinski definition) is 2. The number of carbonyl (C=O) groups excluding carboxylic acids is 1. The van der Waals surface area contributed by atoms with Crippen LogP contribution >= 0.6 is 0 Å². The van der Waals surface area contributed by atoms with Gasteiger partial charge in [0.15, 0.2) is 23.3 Å². The molecule has 0 bridgehead atoms. The van der Waals surface area contributed by atoms with Crippen molar-refractivity contribution in [2.45, 2.75) is 26.6 Å². The maximum atomic E-state index is 13.8. The summed E-state index contributed by atoms with van der Waals surface area (Å²) in [5, 5.41) is 5.43. The van der Waals surface area contributed by atoms with Crippen LogP contribution in [0.5, 0.6) is 0 Å². The van der Waals surface area contributed by atoms with Crippen molar-refractivity contribution in [3.05, 3.63) is 46.3 Å². The second-order valence-corrected chi connectivity index (χ2v) is 4.94. The predicted octanol–water partition coefficient (Wildman–Crippen LogP) is 4.04. The number of alkyl halides is 3. The standard InChI is InChI=1S/C14H10F7N3O/c1-3-24-4-6(5(2)23-24)13(25)22-12-10(17)8(15)7(14(19,20)21)9(16)11(12)18/h4H,3H2,1-2H3,(H,22,25). The van der Waals surface area contributed by atoms with Gasteiger partial charge >= 0.3 is 6.18 Å². The zero-order valence-electron chi connectivity index (χ0n) is 12.7. The largest absolute Gasteiger partial charge is 0.422 e. The van der Waals surface area contributed by atoms with Gasteiger partial charge in [-0.1, -0.05) is 0 Å². The monoisotopic (exact) mass is 369 g/mol. The van der Waals surface area contributed by atoms with Crippen LogP contribution in [0.25, 0.3) is 0 Å². The maximum absolute atomic E-state index is 13.8. The van der Waals surface area contributed by atoms with Gasteiger partial charge in [0, 0.05) is 12.7 Å². The molecule has 0 unspecified atom stereocenters. The van der Waals surface area contributed by atoms with E-state index in [1.807, 2.05) is 0 Å². The third kappa shape index (κ3) is 3.30. The molecule has 4 nitrogen and oxygen atoms in total. The maximum Gasteiger partial charge on any atom is 0.422 e. The Morgan fingerprint density at radius 2 is 1.64 bits per heavy atom. The Labute approximate surface area is 136 Å². The molecule has 2 aromatic rings. The number of halogens is 7. The molecule has 11 heteroatoms. The first kappa shape index (κ1) is 18.7. The fourth-order valence-electron chi connectivity index (χ4n) is 2.07. The van der Waals surface area contributed by atoms with Gasteiger partial charge in [-0.2, -0.15) is 18.3 Å². The molecule has 136 valence electrons. The normalized spacial score (nSPS) is 11.7. The molecule has 0 aliphatic heterocycles. The van der Waals surface area contributed by atoms with Crippen molar-refractivity contribution in [3.8, 4) is 0 Å². The molecular weight excluding hydrogens is 359 g/mol. The highest BCUT2D eigenvalue weighted by molar-refractivity contribution is 6.05. The number of anilines is 1. The lowest BCUT2D eigenvalue weighted by atomic mass is 10.1. The number of carbonyl (C=O) groups is 1. The minimum atomic E-state index is -5.66. The zero-order valence-corrected chi connectivity index (χ0v) is 12.7. The van der Waals surface area contributed by atoms with E-state index in [1.165, 1.54) is 17.8 Å². The molecule has 1 aromatic heterocycles. The molecule has 0 spiro atoms. The molecule has 0 aliphatic rings. The Morgan fingerprint density at radius 3 is 2.04 bits per heavy atom. The predicted molar refractivity (Wildman–Crippen MR) is 71.9 cm³/mol. The third-order valence-corrected chi connectivity index (χ3v) is 3.30. The molecule has 0 aliphatic carbocycles. The molecule has 2 rings (SSSR count). The molecule has 0 atom stereocenters. The molecule has 0 radical (unpaired) electrons. The van der Waals surface area contributed by atoms with Gasteiger partial charge in [0.2, 0.25) is 0 Å². The number of nitrogens with one attached hydrogen (secondary N) is 1. The van der Waals surface area contributed by atoms with Crippen LogP contribution in [0.15, 0.2) is 6.20 Å². The topological polar surface area (TPSA) is 46.9 Å². The van der Waals surface area contributed by atoms with E-state index in [9.17, 15) is 35.5 Å². The van der Waals surface area contributed by atoms with Crippen LogP contribution in [0.2, 0.25) is 0 Å². The van der Waals surface area contributed by atoms with Crippen LogP contribution in [0.4, 0.5) is 36.4 Å². The van der Waals surface area contributed by atoms with Crippen LogP contribution in [0, 0.1) is 30.2 Å². The molecule has 1 aromatic carbocycles. The smallest absolute Gasteiger partial charge is 0.317 e. The van der Waals surface area contributed by atoms with Crippen molar-refractivity contribution in [1.29, 1.82) is 0 Å². The molecule has 1 heterocycles. The minimum Gasteiger partial charge on any atom is -0.317 e. The van der Waals surface area contributed by atoms with Gasteiger partial charge in [-0.05, 0) is 13.8 Å². The molecule has 0 saturated heterocycles. The minimum absolute atomic E-state index is 0.146. The summed E-state index contributed by atoms with van der Waals surface area (Å²) < 4.78 is 93.4. The van der Waals surface area contributed by atoms with E-state index < -0.39 is 46.6 Å². The quantitative estimate of drug-likeness (QED) is 0.656. The number of hydrogen-bond donors (Lipinski definition) is 1. The highest BCUT2D eigenvalue weighted by atomic mass is 19.4. The lowest BCUT2D eigenvalue weighted by Gasteiger charge is -2.14. The number of rotatable bonds is 3. The highest BCUT2D eigenvalue weighted by Crippen LogP contribution is 2.38. The van der Waals surface area contributed by atoms with Crippen molar-refractivity contribution in [1.82, 2.24) is 9.78 Å². The Kier molecular flexibility index (Phi) is 4.78. The molecular formula is C14H10F7N3O. The number of nitrogens with zero attached hydrogens (tertiary/aromatic N) is 2. The number of amides is 1. The van der Waals surface area contributed by atoms with Crippen LogP contribution in [-0.4, -0.2) is 15.7 Å². The van der Waals surface area contributed by atoms with Crippen LogP contribution in [0.1, 0.15) is 28.5 Å². The van der Waals surface area contributed by atoms with E-state index in [-0.39, 0.29) is 11.3 Å². The first-order valence-electron chi connectivity index (χ1n) is 6.77. The average Bonchev–Trinajstić information content (AvgIpc) is 2.89. The van der Waals surface area contributed by atoms with Gasteiger partial charge in [0.25, 0.3) is 5.91 Å². The summed E-state index contributed by atoms with van der Waals surface area (Å²) in [6.45, 7) is 3.44. The zero-order chi connectivity index (χ0) is 19.1.